The molecule has 9 heteroatoms. The second-order valence-corrected chi connectivity index (χ2v) is 14.9. The number of allylic oxidation sites excluding steroid dienone is 4. The van der Waals surface area contributed by atoms with Gasteiger partial charge in [-0.2, -0.15) is 0 Å². The van der Waals surface area contributed by atoms with Gasteiger partial charge in [-0.05, 0) is 69.4 Å². The number of ether oxygens (including phenoxy) is 1. The Balaban J connectivity index is 1.74. The van der Waals surface area contributed by atoms with Gasteiger partial charge >= 0.3 is 5.97 Å². The van der Waals surface area contributed by atoms with E-state index >= 15 is 0 Å². The first-order valence-corrected chi connectivity index (χ1v) is 15.5. The topological polar surface area (TPSA) is 83.9 Å². The van der Waals surface area contributed by atoms with E-state index in [0.717, 1.165) is 10.0 Å². The molecule has 6 nitrogen and oxygen atoms in total. The van der Waals surface area contributed by atoms with Crippen molar-refractivity contribution in [2.45, 2.75) is 65.9 Å². The summed E-state index contributed by atoms with van der Waals surface area (Å²) in [5, 5.41) is 10.6. The molecule has 0 atom stereocenters. The number of halogens is 3. The Labute approximate surface area is 262 Å². The molecule has 5 rings (SSSR count). The predicted molar refractivity (Wildman–Crippen MR) is 165 cm³/mol. The predicted octanol–water partition coefficient (Wildman–Crippen LogP) is 8.21. The number of rotatable bonds is 6. The van der Waals surface area contributed by atoms with Crippen LogP contribution < -0.4 is 4.74 Å². The highest BCUT2D eigenvalue weighted by Crippen LogP contribution is 2.56. The standard InChI is InChI=1S/C32H32Br2ClNO5/c1-31(2)11-22-28(24(37)13-31)27(29-23(36(22)15-26(39)40)12-32(3,4)14-25(29)38)20-9-18(33)10-21(34)30(20)41-16-17-5-7-19(35)8-6-17/h5-10,27H,11-16H2,1-4H3,(H,39,40). The molecule has 0 radical (unpaired) electrons. The molecule has 0 spiro atoms. The van der Waals surface area contributed by atoms with E-state index < -0.39 is 11.9 Å². The van der Waals surface area contributed by atoms with Crippen LogP contribution in [-0.4, -0.2) is 34.1 Å². The lowest BCUT2D eigenvalue weighted by Gasteiger charge is -2.48. The fourth-order valence-corrected chi connectivity index (χ4v) is 7.87. The Morgan fingerprint density at radius 2 is 1.49 bits per heavy atom. The van der Waals surface area contributed by atoms with Crippen molar-refractivity contribution >= 4 is 61.0 Å². The molecule has 0 bridgehead atoms. The molecule has 1 aliphatic heterocycles. The normalized spacial score (nSPS) is 20.2. The second kappa shape index (κ2) is 11.0. The van der Waals surface area contributed by atoms with Gasteiger partial charge in [0.05, 0.1) is 4.47 Å². The van der Waals surface area contributed by atoms with Gasteiger partial charge < -0.3 is 14.7 Å². The number of benzene rings is 2. The van der Waals surface area contributed by atoms with Crippen molar-refractivity contribution in [3.8, 4) is 5.75 Å². The summed E-state index contributed by atoms with van der Waals surface area (Å²) < 4.78 is 7.87. The molecule has 0 fully saturated rings. The molecule has 2 aliphatic carbocycles. The first kappa shape index (κ1) is 30.1. The summed E-state index contributed by atoms with van der Waals surface area (Å²) in [5.41, 5.74) is 3.29. The lowest BCUT2D eigenvalue weighted by atomic mass is 9.63. The van der Waals surface area contributed by atoms with Crippen LogP contribution in [0.2, 0.25) is 5.02 Å². The first-order chi connectivity index (χ1) is 19.2. The van der Waals surface area contributed by atoms with Gasteiger partial charge in [-0.3, -0.25) is 14.4 Å². The lowest BCUT2D eigenvalue weighted by Crippen LogP contribution is -2.45. The molecular weight excluding hydrogens is 674 g/mol. The van der Waals surface area contributed by atoms with Gasteiger partial charge in [0.15, 0.2) is 11.6 Å². The lowest BCUT2D eigenvalue weighted by molar-refractivity contribution is -0.138. The number of ketones is 2. The molecular formula is C32H32Br2ClNO5. The minimum absolute atomic E-state index is 0.0689. The van der Waals surface area contributed by atoms with E-state index in [1.807, 2.05) is 52.0 Å². The molecule has 2 aromatic carbocycles. The minimum Gasteiger partial charge on any atom is -0.487 e. The Kier molecular flexibility index (Phi) is 8.07. The summed E-state index contributed by atoms with van der Waals surface area (Å²) in [6.07, 6.45) is 1.67. The van der Waals surface area contributed by atoms with E-state index in [0.29, 0.717) is 69.0 Å². The molecule has 0 amide bonds. The van der Waals surface area contributed by atoms with Gasteiger partial charge in [0.1, 0.15) is 18.9 Å². The largest absolute Gasteiger partial charge is 0.487 e. The van der Waals surface area contributed by atoms with Crippen LogP contribution in [0, 0.1) is 10.8 Å². The van der Waals surface area contributed by atoms with Gasteiger partial charge in [0.2, 0.25) is 0 Å². The number of carboxylic acid groups (broad SMARTS) is 1. The first-order valence-electron chi connectivity index (χ1n) is 13.5. The fourth-order valence-electron chi connectivity index (χ4n) is 6.37. The second-order valence-electron chi connectivity index (χ2n) is 12.7. The third kappa shape index (κ3) is 6.06. The van der Waals surface area contributed by atoms with Crippen molar-refractivity contribution in [1.29, 1.82) is 0 Å². The molecule has 0 saturated carbocycles. The maximum Gasteiger partial charge on any atom is 0.323 e. The van der Waals surface area contributed by atoms with Crippen LogP contribution in [0.25, 0.3) is 0 Å². The van der Waals surface area contributed by atoms with Crippen molar-refractivity contribution in [2.75, 3.05) is 6.54 Å². The van der Waals surface area contributed by atoms with Gasteiger partial charge in [-0.25, -0.2) is 0 Å². The smallest absolute Gasteiger partial charge is 0.323 e. The number of nitrogens with zero attached hydrogens (tertiary/aromatic N) is 1. The molecule has 1 N–H and O–H groups in total. The van der Waals surface area contributed by atoms with Crippen molar-refractivity contribution < 1.29 is 24.2 Å². The van der Waals surface area contributed by atoms with Crippen LogP contribution in [0.4, 0.5) is 0 Å². The highest BCUT2D eigenvalue weighted by molar-refractivity contribution is 9.11. The Morgan fingerprint density at radius 3 is 2.00 bits per heavy atom. The minimum atomic E-state index is -1.01. The molecule has 41 heavy (non-hydrogen) atoms. The van der Waals surface area contributed by atoms with E-state index in [4.69, 9.17) is 16.3 Å². The van der Waals surface area contributed by atoms with Crippen LogP contribution in [0.3, 0.4) is 0 Å². The Hall–Kier alpha value is -2.42. The van der Waals surface area contributed by atoms with Gasteiger partial charge in [-0.1, -0.05) is 67.4 Å². The number of Topliss-reactive ketones (excluding diaryl/α,β-unsaturated/α-hetero) is 2. The highest BCUT2D eigenvalue weighted by Gasteiger charge is 2.50. The number of aliphatic carboxylic acids is 1. The van der Waals surface area contributed by atoms with Crippen molar-refractivity contribution in [3.63, 3.8) is 0 Å². The van der Waals surface area contributed by atoms with Crippen LogP contribution in [0.15, 0.2) is 67.9 Å². The molecule has 0 aromatic heterocycles. The number of hydrogen-bond acceptors (Lipinski definition) is 5. The van der Waals surface area contributed by atoms with Gasteiger partial charge in [0.25, 0.3) is 0 Å². The van der Waals surface area contributed by atoms with Crippen molar-refractivity contribution in [3.05, 3.63) is 84.0 Å². The molecule has 0 unspecified atom stereocenters. The zero-order chi connectivity index (χ0) is 29.9. The summed E-state index contributed by atoms with van der Waals surface area (Å²) in [7, 11) is 0. The molecule has 3 aliphatic rings. The average molecular weight is 706 g/mol. The summed E-state index contributed by atoms with van der Waals surface area (Å²) in [6, 6.07) is 11.2. The third-order valence-electron chi connectivity index (χ3n) is 7.96. The van der Waals surface area contributed by atoms with Gasteiger partial charge in [0, 0.05) is 56.4 Å². The van der Waals surface area contributed by atoms with Crippen LogP contribution >= 0.6 is 43.5 Å². The summed E-state index contributed by atoms with van der Waals surface area (Å²) >= 11 is 13.4. The Morgan fingerprint density at radius 1 is 0.951 bits per heavy atom. The van der Waals surface area contributed by atoms with Crippen LogP contribution in [-0.2, 0) is 21.0 Å². The molecule has 2 aromatic rings. The molecule has 0 saturated heterocycles. The quantitative estimate of drug-likeness (QED) is 0.326. The fraction of sp³-hybridized carbons (Fsp3) is 0.406. The zero-order valence-corrected chi connectivity index (χ0v) is 27.4. The van der Waals surface area contributed by atoms with E-state index in [-0.39, 0.29) is 35.5 Å². The Bertz CT molecular complexity index is 1470. The van der Waals surface area contributed by atoms with Crippen LogP contribution in [0.5, 0.6) is 5.75 Å². The molecule has 1 heterocycles. The highest BCUT2D eigenvalue weighted by atomic mass is 79.9. The number of carboxylic acids is 1. The van der Waals surface area contributed by atoms with Gasteiger partial charge in [-0.15, -0.1) is 0 Å². The number of hydrogen-bond donors (Lipinski definition) is 1. The SMILES string of the molecule is CC1(C)CC(=O)C2=C(C1)N(CC(=O)O)C1=C(C(=O)CC(C)(C)C1)C2c1cc(Br)cc(Br)c1OCc1ccc(Cl)cc1. The summed E-state index contributed by atoms with van der Waals surface area (Å²) in [5.74, 6) is -1.28. The number of carbonyl (C=O) groups is 3. The van der Waals surface area contributed by atoms with Crippen molar-refractivity contribution in [1.82, 2.24) is 4.90 Å². The third-order valence-corrected chi connectivity index (χ3v) is 9.26. The van der Waals surface area contributed by atoms with Crippen molar-refractivity contribution in [2.24, 2.45) is 10.8 Å². The zero-order valence-electron chi connectivity index (χ0n) is 23.4. The summed E-state index contributed by atoms with van der Waals surface area (Å²) in [4.78, 5) is 41.9. The monoisotopic (exact) mass is 703 g/mol. The summed E-state index contributed by atoms with van der Waals surface area (Å²) in [6.45, 7) is 8.05. The van der Waals surface area contributed by atoms with Crippen LogP contribution in [0.1, 0.15) is 70.4 Å². The van der Waals surface area contributed by atoms with E-state index in [9.17, 15) is 19.5 Å². The number of carbonyl (C=O) groups excluding carboxylic acids is 2. The average Bonchev–Trinajstić information content (AvgIpc) is 2.83. The maximum atomic E-state index is 14.0. The maximum absolute atomic E-state index is 14.0. The van der Waals surface area contributed by atoms with E-state index in [1.165, 1.54) is 0 Å². The molecule has 216 valence electrons. The van der Waals surface area contributed by atoms with E-state index in [1.54, 1.807) is 17.0 Å². The van der Waals surface area contributed by atoms with E-state index in [2.05, 4.69) is 31.9 Å².